The fraction of sp³-hybridized carbons (Fsp3) is 0.182. The molecule has 0 radical (unpaired) electrons. The summed E-state index contributed by atoms with van der Waals surface area (Å²) >= 11 is 6.17. The molecule has 0 saturated heterocycles. The maximum Gasteiger partial charge on any atom is 0.161 e. The lowest BCUT2D eigenvalue weighted by molar-refractivity contribution is 0.284. The fourth-order valence-corrected chi connectivity index (χ4v) is 2.86. The van der Waals surface area contributed by atoms with Gasteiger partial charge in [0.1, 0.15) is 12.4 Å². The Kier molecular flexibility index (Phi) is 6.69. The van der Waals surface area contributed by atoms with Crippen molar-refractivity contribution >= 4 is 11.6 Å². The Bertz CT molecular complexity index is 884. The standard InChI is InChI=1S/C22H21ClFNO2/c1-26-22-12-17(14-25-13-16-6-9-19(24)10-7-16)8-11-21(22)27-15-18-4-2-3-5-20(18)23/h2-12,25H,13-15H2,1H3. The lowest BCUT2D eigenvalue weighted by Gasteiger charge is -2.13. The molecule has 0 aliphatic heterocycles. The second-order valence-electron chi connectivity index (χ2n) is 6.10. The molecule has 0 unspecified atom stereocenters. The predicted molar refractivity (Wildman–Crippen MR) is 106 cm³/mol. The van der Waals surface area contributed by atoms with E-state index in [1.165, 1.54) is 12.1 Å². The summed E-state index contributed by atoms with van der Waals surface area (Å²) in [5.41, 5.74) is 3.02. The molecule has 27 heavy (non-hydrogen) atoms. The predicted octanol–water partition coefficient (Wildman–Crippen LogP) is 5.36. The van der Waals surface area contributed by atoms with Gasteiger partial charge in [-0.3, -0.25) is 0 Å². The summed E-state index contributed by atoms with van der Waals surface area (Å²) in [6.45, 7) is 1.70. The van der Waals surface area contributed by atoms with E-state index in [0.29, 0.717) is 36.2 Å². The van der Waals surface area contributed by atoms with Gasteiger partial charge < -0.3 is 14.8 Å². The van der Waals surface area contributed by atoms with Gasteiger partial charge in [-0.15, -0.1) is 0 Å². The van der Waals surface area contributed by atoms with Crippen molar-refractivity contribution < 1.29 is 13.9 Å². The maximum absolute atomic E-state index is 12.9. The van der Waals surface area contributed by atoms with Crippen LogP contribution in [0.3, 0.4) is 0 Å². The molecule has 0 amide bonds. The number of ether oxygens (including phenoxy) is 2. The van der Waals surface area contributed by atoms with E-state index in [1.807, 2.05) is 42.5 Å². The van der Waals surface area contributed by atoms with Crippen LogP contribution in [0.25, 0.3) is 0 Å². The van der Waals surface area contributed by atoms with Gasteiger partial charge in [-0.1, -0.05) is 48.0 Å². The molecule has 0 bridgehead atoms. The molecule has 5 heteroatoms. The van der Waals surface area contributed by atoms with Crippen LogP contribution >= 0.6 is 11.6 Å². The molecule has 0 aliphatic carbocycles. The summed E-state index contributed by atoms with van der Waals surface area (Å²) < 4.78 is 24.3. The van der Waals surface area contributed by atoms with Crippen molar-refractivity contribution in [1.29, 1.82) is 0 Å². The van der Waals surface area contributed by atoms with E-state index in [4.69, 9.17) is 21.1 Å². The van der Waals surface area contributed by atoms with Crippen molar-refractivity contribution in [2.75, 3.05) is 7.11 Å². The van der Waals surface area contributed by atoms with Crippen molar-refractivity contribution in [1.82, 2.24) is 5.32 Å². The number of hydrogen-bond acceptors (Lipinski definition) is 3. The van der Waals surface area contributed by atoms with Gasteiger partial charge in [0.25, 0.3) is 0 Å². The van der Waals surface area contributed by atoms with Crippen molar-refractivity contribution in [2.24, 2.45) is 0 Å². The number of nitrogens with one attached hydrogen (secondary N) is 1. The molecule has 0 heterocycles. The van der Waals surface area contributed by atoms with Crippen LogP contribution in [-0.2, 0) is 19.7 Å². The summed E-state index contributed by atoms with van der Waals surface area (Å²) in [4.78, 5) is 0. The van der Waals surface area contributed by atoms with E-state index in [9.17, 15) is 4.39 Å². The number of hydrogen-bond donors (Lipinski definition) is 1. The first-order valence-corrected chi connectivity index (χ1v) is 9.02. The third-order valence-corrected chi connectivity index (χ3v) is 4.51. The normalized spacial score (nSPS) is 10.6. The van der Waals surface area contributed by atoms with E-state index >= 15 is 0 Å². The molecular weight excluding hydrogens is 365 g/mol. The first kappa shape index (κ1) is 19.2. The lowest BCUT2D eigenvalue weighted by Crippen LogP contribution is -2.12. The van der Waals surface area contributed by atoms with Crippen LogP contribution in [0.15, 0.2) is 66.7 Å². The van der Waals surface area contributed by atoms with Gasteiger partial charge >= 0.3 is 0 Å². The zero-order valence-corrected chi connectivity index (χ0v) is 15.8. The van der Waals surface area contributed by atoms with Crippen LogP contribution in [0, 0.1) is 5.82 Å². The maximum atomic E-state index is 12.9. The number of halogens is 2. The summed E-state index contributed by atoms with van der Waals surface area (Å²) in [6, 6.07) is 19.9. The molecule has 3 nitrogen and oxygen atoms in total. The lowest BCUT2D eigenvalue weighted by atomic mass is 10.2. The number of rotatable bonds is 8. The van der Waals surface area contributed by atoms with Gasteiger partial charge in [0.2, 0.25) is 0 Å². The first-order valence-electron chi connectivity index (χ1n) is 8.64. The molecule has 0 aromatic heterocycles. The minimum absolute atomic E-state index is 0.226. The van der Waals surface area contributed by atoms with Crippen LogP contribution in [0.4, 0.5) is 4.39 Å². The Labute approximate surface area is 163 Å². The van der Waals surface area contributed by atoms with Crippen LogP contribution in [0.1, 0.15) is 16.7 Å². The van der Waals surface area contributed by atoms with Crippen LogP contribution in [-0.4, -0.2) is 7.11 Å². The van der Waals surface area contributed by atoms with Crippen molar-refractivity contribution in [3.8, 4) is 11.5 Å². The second kappa shape index (κ2) is 9.40. The first-order chi connectivity index (χ1) is 13.2. The van der Waals surface area contributed by atoms with Gasteiger partial charge in [0, 0.05) is 23.7 Å². The van der Waals surface area contributed by atoms with E-state index < -0.39 is 0 Å². The van der Waals surface area contributed by atoms with E-state index in [0.717, 1.165) is 16.7 Å². The smallest absolute Gasteiger partial charge is 0.161 e. The highest BCUT2D eigenvalue weighted by Crippen LogP contribution is 2.29. The Morgan fingerprint density at radius 3 is 2.33 bits per heavy atom. The monoisotopic (exact) mass is 385 g/mol. The summed E-state index contributed by atoms with van der Waals surface area (Å²) in [6.07, 6.45) is 0. The number of benzene rings is 3. The fourth-order valence-electron chi connectivity index (χ4n) is 2.67. The average Bonchev–Trinajstić information content (AvgIpc) is 2.69. The highest BCUT2D eigenvalue weighted by molar-refractivity contribution is 6.31. The number of methoxy groups -OCH3 is 1. The molecule has 140 valence electrons. The Balaban J connectivity index is 1.58. The van der Waals surface area contributed by atoms with Crippen LogP contribution < -0.4 is 14.8 Å². The minimum Gasteiger partial charge on any atom is -0.493 e. The molecule has 0 spiro atoms. The molecule has 0 aliphatic rings. The molecule has 1 N–H and O–H groups in total. The molecule has 3 rings (SSSR count). The Morgan fingerprint density at radius 2 is 1.59 bits per heavy atom. The van der Waals surface area contributed by atoms with Gasteiger partial charge in [-0.05, 0) is 41.5 Å². The summed E-state index contributed by atoms with van der Waals surface area (Å²) in [5.74, 6) is 1.11. The van der Waals surface area contributed by atoms with E-state index in [1.54, 1.807) is 19.2 Å². The summed E-state index contributed by atoms with van der Waals surface area (Å²) in [5, 5.41) is 4.02. The van der Waals surface area contributed by atoms with Crippen molar-refractivity contribution in [2.45, 2.75) is 19.7 Å². The van der Waals surface area contributed by atoms with Crippen molar-refractivity contribution in [3.05, 3.63) is 94.3 Å². The van der Waals surface area contributed by atoms with E-state index in [2.05, 4.69) is 5.32 Å². The molecule has 0 fully saturated rings. The molecule has 0 saturated carbocycles. The van der Waals surface area contributed by atoms with Gasteiger partial charge in [-0.2, -0.15) is 0 Å². The quantitative estimate of drug-likeness (QED) is 0.566. The van der Waals surface area contributed by atoms with Gasteiger partial charge in [0.05, 0.1) is 7.11 Å². The minimum atomic E-state index is -0.226. The second-order valence-corrected chi connectivity index (χ2v) is 6.50. The molecule has 3 aromatic rings. The van der Waals surface area contributed by atoms with Crippen molar-refractivity contribution in [3.63, 3.8) is 0 Å². The average molecular weight is 386 g/mol. The zero-order chi connectivity index (χ0) is 19.1. The van der Waals surface area contributed by atoms with E-state index in [-0.39, 0.29) is 5.82 Å². The highest BCUT2D eigenvalue weighted by Gasteiger charge is 2.08. The zero-order valence-electron chi connectivity index (χ0n) is 15.0. The summed E-state index contributed by atoms with van der Waals surface area (Å²) in [7, 11) is 1.62. The third-order valence-electron chi connectivity index (χ3n) is 4.14. The third kappa shape index (κ3) is 5.46. The van der Waals surface area contributed by atoms with Crippen LogP contribution in [0.2, 0.25) is 5.02 Å². The van der Waals surface area contributed by atoms with Gasteiger partial charge in [-0.25, -0.2) is 4.39 Å². The molecular formula is C22H21ClFNO2. The van der Waals surface area contributed by atoms with Crippen LogP contribution in [0.5, 0.6) is 11.5 Å². The Morgan fingerprint density at radius 1 is 0.889 bits per heavy atom. The largest absolute Gasteiger partial charge is 0.493 e. The molecule has 3 aromatic carbocycles. The van der Waals surface area contributed by atoms with Gasteiger partial charge in [0.15, 0.2) is 11.5 Å². The molecule has 0 atom stereocenters. The topological polar surface area (TPSA) is 30.5 Å². The Hall–Kier alpha value is -2.56. The SMILES string of the molecule is COc1cc(CNCc2ccc(F)cc2)ccc1OCc1ccccc1Cl. The highest BCUT2D eigenvalue weighted by atomic mass is 35.5.